The maximum atomic E-state index is 12.1. The van der Waals surface area contributed by atoms with Crippen molar-refractivity contribution in [3.63, 3.8) is 0 Å². The summed E-state index contributed by atoms with van der Waals surface area (Å²) in [6, 6.07) is 15.6. The Labute approximate surface area is 127 Å². The molecule has 0 spiro atoms. The van der Waals surface area contributed by atoms with Crippen LogP contribution in [-0.2, 0) is 11.3 Å². The fraction of sp³-hybridized carbons (Fsp3) is 0.188. The first-order valence-electron chi connectivity index (χ1n) is 6.72. The van der Waals surface area contributed by atoms with E-state index < -0.39 is 0 Å². The van der Waals surface area contributed by atoms with E-state index in [1.165, 1.54) is 11.8 Å². The van der Waals surface area contributed by atoms with Gasteiger partial charge in [0.05, 0.1) is 12.3 Å². The minimum Gasteiger partial charge on any atom is -0.286 e. The fourth-order valence-corrected chi connectivity index (χ4v) is 2.98. The predicted molar refractivity (Wildman–Crippen MR) is 85.5 cm³/mol. The number of thioether (sulfide) groups is 1. The number of amidine groups is 1. The van der Waals surface area contributed by atoms with Gasteiger partial charge in [0.15, 0.2) is 11.0 Å². The van der Waals surface area contributed by atoms with Crippen LogP contribution >= 0.6 is 11.8 Å². The molecule has 1 aliphatic rings. The van der Waals surface area contributed by atoms with Crippen LogP contribution in [0.2, 0.25) is 0 Å². The van der Waals surface area contributed by atoms with E-state index in [9.17, 15) is 4.79 Å². The number of carbonyl (C=O) groups excluding carboxylic acids is 1. The van der Waals surface area contributed by atoms with Gasteiger partial charge in [0.25, 0.3) is 0 Å². The topological polar surface area (TPSA) is 45.6 Å². The molecular weight excluding hydrogens is 282 g/mol. The molecular formula is C16H15N3OS. The molecule has 0 radical (unpaired) electrons. The number of amides is 1. The number of benzene rings is 1. The van der Waals surface area contributed by atoms with E-state index in [1.807, 2.05) is 55.5 Å². The average molecular weight is 297 g/mol. The van der Waals surface area contributed by atoms with Gasteiger partial charge in [-0.05, 0) is 24.6 Å². The van der Waals surface area contributed by atoms with Gasteiger partial charge in [0.2, 0.25) is 5.91 Å². The molecule has 106 valence electrons. The molecule has 1 fully saturated rings. The SMILES string of the molecule is Cc1cccc(/N=C2/SCC(=O)N2Cc2ccccc2)n1. The van der Waals surface area contributed by atoms with E-state index in [-0.39, 0.29) is 5.91 Å². The van der Waals surface area contributed by atoms with Crippen LogP contribution in [0.5, 0.6) is 0 Å². The molecule has 2 aromatic rings. The summed E-state index contributed by atoms with van der Waals surface area (Å²) in [7, 11) is 0. The van der Waals surface area contributed by atoms with Gasteiger partial charge in [-0.25, -0.2) is 9.98 Å². The molecule has 0 saturated carbocycles. The van der Waals surface area contributed by atoms with Gasteiger partial charge < -0.3 is 0 Å². The third kappa shape index (κ3) is 3.31. The third-order valence-corrected chi connectivity index (χ3v) is 4.09. The second-order valence-electron chi connectivity index (χ2n) is 4.79. The number of pyridine rings is 1. The van der Waals surface area contributed by atoms with Gasteiger partial charge in [-0.2, -0.15) is 0 Å². The van der Waals surface area contributed by atoms with Crippen LogP contribution in [0.3, 0.4) is 0 Å². The van der Waals surface area contributed by atoms with Crippen molar-refractivity contribution in [2.45, 2.75) is 13.5 Å². The highest BCUT2D eigenvalue weighted by Crippen LogP contribution is 2.24. The molecule has 0 unspecified atom stereocenters. The Kier molecular flexibility index (Phi) is 4.01. The lowest BCUT2D eigenvalue weighted by Crippen LogP contribution is -2.28. The van der Waals surface area contributed by atoms with E-state index >= 15 is 0 Å². The molecule has 3 rings (SSSR count). The fourth-order valence-electron chi connectivity index (χ4n) is 2.09. The standard InChI is InChI=1S/C16H15N3OS/c1-12-6-5-9-14(17-12)18-16-19(15(20)11-21-16)10-13-7-3-2-4-8-13/h2-9H,10-11H2,1H3/b18-16+. The minimum atomic E-state index is 0.0928. The summed E-state index contributed by atoms with van der Waals surface area (Å²) in [4.78, 5) is 22.7. The van der Waals surface area contributed by atoms with Gasteiger partial charge in [-0.3, -0.25) is 9.69 Å². The van der Waals surface area contributed by atoms with Crippen molar-refractivity contribution in [2.24, 2.45) is 4.99 Å². The maximum Gasteiger partial charge on any atom is 0.239 e. The highest BCUT2D eigenvalue weighted by atomic mass is 32.2. The summed E-state index contributed by atoms with van der Waals surface area (Å²) in [6.07, 6.45) is 0. The molecule has 21 heavy (non-hydrogen) atoms. The monoisotopic (exact) mass is 297 g/mol. The number of aryl methyl sites for hydroxylation is 1. The van der Waals surface area contributed by atoms with Crippen molar-refractivity contribution in [2.75, 3.05) is 5.75 Å². The lowest BCUT2D eigenvalue weighted by molar-refractivity contribution is -0.124. The van der Waals surface area contributed by atoms with Crippen LogP contribution in [-0.4, -0.2) is 26.7 Å². The van der Waals surface area contributed by atoms with Crippen LogP contribution in [0.1, 0.15) is 11.3 Å². The lowest BCUT2D eigenvalue weighted by Gasteiger charge is -2.15. The van der Waals surface area contributed by atoms with Crippen molar-refractivity contribution >= 4 is 28.7 Å². The Morgan fingerprint density at radius 3 is 2.76 bits per heavy atom. The highest BCUT2D eigenvalue weighted by Gasteiger charge is 2.28. The van der Waals surface area contributed by atoms with Crippen LogP contribution in [0, 0.1) is 6.92 Å². The van der Waals surface area contributed by atoms with Crippen LogP contribution in [0.15, 0.2) is 53.5 Å². The van der Waals surface area contributed by atoms with Crippen LogP contribution < -0.4 is 0 Å². The summed E-state index contributed by atoms with van der Waals surface area (Å²) in [5, 5.41) is 0.724. The van der Waals surface area contributed by atoms with E-state index in [4.69, 9.17) is 0 Å². The summed E-state index contributed by atoms with van der Waals surface area (Å²) in [5.41, 5.74) is 2.01. The molecule has 1 aromatic carbocycles. The van der Waals surface area contributed by atoms with Crippen molar-refractivity contribution in [1.29, 1.82) is 0 Å². The molecule has 0 atom stereocenters. The Morgan fingerprint density at radius 1 is 1.19 bits per heavy atom. The maximum absolute atomic E-state index is 12.1. The van der Waals surface area contributed by atoms with E-state index in [0.29, 0.717) is 18.1 Å². The Hall–Kier alpha value is -2.14. The minimum absolute atomic E-state index is 0.0928. The molecule has 1 saturated heterocycles. The van der Waals surface area contributed by atoms with E-state index in [1.54, 1.807) is 4.90 Å². The Bertz CT molecular complexity index is 685. The molecule has 0 N–H and O–H groups in total. The van der Waals surface area contributed by atoms with Gasteiger partial charge in [-0.15, -0.1) is 0 Å². The summed E-state index contributed by atoms with van der Waals surface area (Å²) in [6.45, 7) is 2.48. The number of aromatic nitrogens is 1. The van der Waals surface area contributed by atoms with Crippen LogP contribution in [0.25, 0.3) is 0 Å². The van der Waals surface area contributed by atoms with Crippen molar-refractivity contribution < 1.29 is 4.79 Å². The number of carbonyl (C=O) groups is 1. The number of hydrogen-bond donors (Lipinski definition) is 0. The molecule has 1 amide bonds. The molecule has 1 aliphatic heterocycles. The van der Waals surface area contributed by atoms with Crippen molar-refractivity contribution in [3.8, 4) is 0 Å². The first-order valence-corrected chi connectivity index (χ1v) is 7.70. The summed E-state index contributed by atoms with van der Waals surface area (Å²) in [5.74, 6) is 1.18. The smallest absolute Gasteiger partial charge is 0.239 e. The van der Waals surface area contributed by atoms with E-state index in [0.717, 1.165) is 16.4 Å². The van der Waals surface area contributed by atoms with Gasteiger partial charge in [0.1, 0.15) is 0 Å². The molecule has 4 nitrogen and oxygen atoms in total. The predicted octanol–water partition coefficient (Wildman–Crippen LogP) is 3.15. The molecule has 2 heterocycles. The molecule has 5 heteroatoms. The molecule has 0 aliphatic carbocycles. The van der Waals surface area contributed by atoms with Gasteiger partial charge >= 0.3 is 0 Å². The van der Waals surface area contributed by atoms with E-state index in [2.05, 4.69) is 9.98 Å². The zero-order chi connectivity index (χ0) is 14.7. The van der Waals surface area contributed by atoms with Crippen LogP contribution in [0.4, 0.5) is 5.82 Å². The zero-order valence-corrected chi connectivity index (χ0v) is 12.5. The lowest BCUT2D eigenvalue weighted by atomic mass is 10.2. The Morgan fingerprint density at radius 2 is 2.00 bits per heavy atom. The van der Waals surface area contributed by atoms with Gasteiger partial charge in [-0.1, -0.05) is 48.2 Å². The molecule has 0 bridgehead atoms. The largest absolute Gasteiger partial charge is 0.286 e. The van der Waals surface area contributed by atoms with Crippen molar-refractivity contribution in [3.05, 3.63) is 59.8 Å². The first kappa shape index (κ1) is 13.8. The first-order chi connectivity index (χ1) is 10.2. The Balaban J connectivity index is 1.85. The zero-order valence-electron chi connectivity index (χ0n) is 11.7. The normalized spacial score (nSPS) is 16.7. The summed E-state index contributed by atoms with van der Waals surface area (Å²) >= 11 is 1.46. The summed E-state index contributed by atoms with van der Waals surface area (Å²) < 4.78 is 0. The number of rotatable bonds is 3. The van der Waals surface area contributed by atoms with Gasteiger partial charge in [0, 0.05) is 5.69 Å². The molecule has 1 aromatic heterocycles. The third-order valence-electron chi connectivity index (χ3n) is 3.12. The number of nitrogens with zero attached hydrogens (tertiary/aromatic N) is 3. The highest BCUT2D eigenvalue weighted by molar-refractivity contribution is 8.15. The number of hydrogen-bond acceptors (Lipinski definition) is 4. The quantitative estimate of drug-likeness (QED) is 0.874. The number of aliphatic imine (C=N–C) groups is 1. The second kappa shape index (κ2) is 6.10. The average Bonchev–Trinajstić information content (AvgIpc) is 2.81. The second-order valence-corrected chi connectivity index (χ2v) is 5.73. The van der Waals surface area contributed by atoms with Crippen molar-refractivity contribution in [1.82, 2.24) is 9.88 Å².